The van der Waals surface area contributed by atoms with Crippen LogP contribution in [0.25, 0.3) is 0 Å². The number of carbonyl (C=O) groups excluding carboxylic acids is 2. The Bertz CT molecular complexity index is 474. The fourth-order valence-corrected chi connectivity index (χ4v) is 1.66. The van der Waals surface area contributed by atoms with E-state index in [1.54, 1.807) is 12.1 Å². The van der Waals surface area contributed by atoms with Crippen molar-refractivity contribution in [3.8, 4) is 0 Å². The van der Waals surface area contributed by atoms with Crippen LogP contribution in [0.15, 0.2) is 12.1 Å². The number of aromatic nitrogens is 1. The summed E-state index contributed by atoms with van der Waals surface area (Å²) < 4.78 is 0. The van der Waals surface area contributed by atoms with E-state index in [9.17, 15) is 9.59 Å². The van der Waals surface area contributed by atoms with Gasteiger partial charge in [-0.1, -0.05) is 6.92 Å². The van der Waals surface area contributed by atoms with Crippen LogP contribution in [0.2, 0.25) is 0 Å². The first-order valence-corrected chi connectivity index (χ1v) is 6.78. The maximum absolute atomic E-state index is 12.0. The summed E-state index contributed by atoms with van der Waals surface area (Å²) in [6.07, 6.45) is 0.994. The zero-order valence-corrected chi connectivity index (χ0v) is 12.2. The summed E-state index contributed by atoms with van der Waals surface area (Å²) in [6, 6.07) is 3.47. The maximum Gasteiger partial charge on any atom is 0.251 e. The molecule has 0 aliphatic heterocycles. The summed E-state index contributed by atoms with van der Waals surface area (Å²) in [4.78, 5) is 27.0. The number of anilines is 1. The van der Waals surface area contributed by atoms with E-state index in [1.165, 1.54) is 6.92 Å². The van der Waals surface area contributed by atoms with E-state index in [-0.39, 0.29) is 11.8 Å². The highest BCUT2D eigenvalue weighted by Crippen LogP contribution is 2.10. The molecule has 0 aliphatic rings. The second-order valence-corrected chi connectivity index (χ2v) is 4.55. The van der Waals surface area contributed by atoms with Crippen molar-refractivity contribution in [2.24, 2.45) is 0 Å². The monoisotopic (exact) mass is 278 g/mol. The molecule has 3 N–H and O–H groups in total. The van der Waals surface area contributed by atoms with Crippen LogP contribution in [0.4, 0.5) is 5.82 Å². The summed E-state index contributed by atoms with van der Waals surface area (Å²) in [5.74, 6) is 0.435. The lowest BCUT2D eigenvalue weighted by atomic mass is 10.2. The van der Waals surface area contributed by atoms with Crippen LogP contribution in [0, 0.1) is 6.92 Å². The van der Waals surface area contributed by atoms with Crippen molar-refractivity contribution in [3.63, 3.8) is 0 Å². The normalized spacial score (nSPS) is 9.95. The zero-order chi connectivity index (χ0) is 15.0. The minimum atomic E-state index is -0.166. The third-order valence-electron chi connectivity index (χ3n) is 2.56. The van der Waals surface area contributed by atoms with Crippen molar-refractivity contribution in [1.82, 2.24) is 15.6 Å². The van der Waals surface area contributed by atoms with Crippen LogP contribution < -0.4 is 16.0 Å². The Balaban J connectivity index is 2.58. The number of nitrogens with zero attached hydrogens (tertiary/aromatic N) is 1. The molecule has 0 fully saturated rings. The predicted octanol–water partition coefficient (Wildman–Crippen LogP) is 1.08. The van der Waals surface area contributed by atoms with Crippen molar-refractivity contribution in [2.45, 2.75) is 27.2 Å². The van der Waals surface area contributed by atoms with Gasteiger partial charge in [-0.25, -0.2) is 4.98 Å². The lowest BCUT2D eigenvalue weighted by molar-refractivity contribution is -0.118. The Labute approximate surface area is 119 Å². The van der Waals surface area contributed by atoms with E-state index < -0.39 is 0 Å². The van der Waals surface area contributed by atoms with Crippen LogP contribution in [0.3, 0.4) is 0 Å². The lowest BCUT2D eigenvalue weighted by Crippen LogP contribution is -2.33. The molecular weight excluding hydrogens is 256 g/mol. The third kappa shape index (κ3) is 5.69. The SMILES string of the molecule is CCCNc1cc(C(=O)NCCNC(C)=O)cc(C)n1. The van der Waals surface area contributed by atoms with E-state index in [4.69, 9.17) is 0 Å². The van der Waals surface area contributed by atoms with Crippen molar-refractivity contribution in [1.29, 1.82) is 0 Å². The van der Waals surface area contributed by atoms with Gasteiger partial charge in [0.05, 0.1) is 0 Å². The average Bonchev–Trinajstić information content (AvgIpc) is 2.40. The quantitative estimate of drug-likeness (QED) is 0.652. The van der Waals surface area contributed by atoms with E-state index in [0.717, 1.165) is 18.7 Å². The number of pyridine rings is 1. The summed E-state index contributed by atoms with van der Waals surface area (Å²) in [5.41, 5.74) is 1.36. The Hall–Kier alpha value is -2.11. The van der Waals surface area contributed by atoms with E-state index in [2.05, 4.69) is 27.9 Å². The number of nitrogens with one attached hydrogen (secondary N) is 3. The van der Waals surface area contributed by atoms with Crippen molar-refractivity contribution >= 4 is 17.6 Å². The van der Waals surface area contributed by atoms with Gasteiger partial charge in [0, 0.05) is 37.8 Å². The van der Waals surface area contributed by atoms with E-state index in [0.29, 0.717) is 24.5 Å². The number of rotatable bonds is 7. The van der Waals surface area contributed by atoms with Crippen LogP contribution >= 0.6 is 0 Å². The molecule has 0 aromatic carbocycles. The second kappa shape index (κ2) is 8.14. The molecule has 0 saturated heterocycles. The van der Waals surface area contributed by atoms with Gasteiger partial charge in [0.25, 0.3) is 5.91 Å². The highest BCUT2D eigenvalue weighted by atomic mass is 16.2. The second-order valence-electron chi connectivity index (χ2n) is 4.55. The van der Waals surface area contributed by atoms with Crippen LogP contribution in [0.5, 0.6) is 0 Å². The van der Waals surface area contributed by atoms with E-state index in [1.807, 2.05) is 6.92 Å². The zero-order valence-electron chi connectivity index (χ0n) is 12.2. The molecule has 20 heavy (non-hydrogen) atoms. The summed E-state index contributed by atoms with van der Waals surface area (Å²) in [6.45, 7) is 7.01. The molecule has 1 rings (SSSR count). The lowest BCUT2D eigenvalue weighted by Gasteiger charge is -2.09. The van der Waals surface area contributed by atoms with Crippen molar-refractivity contribution in [2.75, 3.05) is 25.0 Å². The number of hydrogen-bond donors (Lipinski definition) is 3. The topological polar surface area (TPSA) is 83.1 Å². The first-order valence-electron chi connectivity index (χ1n) is 6.78. The molecule has 110 valence electrons. The van der Waals surface area contributed by atoms with Gasteiger partial charge in [-0.3, -0.25) is 9.59 Å². The minimum Gasteiger partial charge on any atom is -0.370 e. The summed E-state index contributed by atoms with van der Waals surface area (Å²) >= 11 is 0. The molecule has 0 spiro atoms. The fraction of sp³-hybridized carbons (Fsp3) is 0.500. The molecule has 0 saturated carbocycles. The van der Waals surface area contributed by atoms with E-state index >= 15 is 0 Å². The molecule has 0 bridgehead atoms. The Morgan fingerprint density at radius 2 is 1.85 bits per heavy atom. The van der Waals surface area contributed by atoms with Gasteiger partial charge in [-0.2, -0.15) is 0 Å². The highest BCUT2D eigenvalue weighted by molar-refractivity contribution is 5.95. The van der Waals surface area contributed by atoms with Gasteiger partial charge in [-0.15, -0.1) is 0 Å². The minimum absolute atomic E-state index is 0.106. The Morgan fingerprint density at radius 1 is 1.15 bits per heavy atom. The first kappa shape index (κ1) is 15.9. The summed E-state index contributed by atoms with van der Waals surface area (Å²) in [7, 11) is 0. The van der Waals surface area contributed by atoms with Gasteiger partial charge >= 0.3 is 0 Å². The number of aryl methyl sites for hydroxylation is 1. The third-order valence-corrected chi connectivity index (χ3v) is 2.56. The van der Waals surface area contributed by atoms with Gasteiger partial charge in [0.1, 0.15) is 5.82 Å². The van der Waals surface area contributed by atoms with Gasteiger partial charge in [0.15, 0.2) is 0 Å². The molecule has 0 atom stereocenters. The van der Waals surface area contributed by atoms with Crippen molar-refractivity contribution < 1.29 is 9.59 Å². The molecule has 0 aliphatic carbocycles. The summed E-state index contributed by atoms with van der Waals surface area (Å²) in [5, 5.41) is 8.54. The van der Waals surface area contributed by atoms with Gasteiger partial charge < -0.3 is 16.0 Å². The predicted molar refractivity (Wildman–Crippen MR) is 78.8 cm³/mol. The van der Waals surface area contributed by atoms with Gasteiger partial charge in [0.2, 0.25) is 5.91 Å². The largest absolute Gasteiger partial charge is 0.370 e. The molecule has 0 unspecified atom stereocenters. The molecular formula is C14H22N4O2. The van der Waals surface area contributed by atoms with Crippen LogP contribution in [-0.2, 0) is 4.79 Å². The molecule has 1 heterocycles. The fourth-order valence-electron chi connectivity index (χ4n) is 1.66. The average molecular weight is 278 g/mol. The van der Waals surface area contributed by atoms with Gasteiger partial charge in [-0.05, 0) is 25.5 Å². The molecule has 6 nitrogen and oxygen atoms in total. The molecule has 1 aromatic heterocycles. The Kier molecular flexibility index (Phi) is 6.49. The molecule has 6 heteroatoms. The van der Waals surface area contributed by atoms with Crippen molar-refractivity contribution in [3.05, 3.63) is 23.4 Å². The molecule has 2 amide bonds. The van der Waals surface area contributed by atoms with Crippen LogP contribution in [0.1, 0.15) is 36.3 Å². The molecule has 1 aromatic rings. The number of amides is 2. The standard InChI is InChI=1S/C14H22N4O2/c1-4-5-16-13-9-12(8-10(2)18-13)14(20)17-7-6-15-11(3)19/h8-9H,4-7H2,1-3H3,(H,15,19)(H,16,18)(H,17,20). The number of carbonyl (C=O) groups is 2. The number of hydrogen-bond acceptors (Lipinski definition) is 4. The first-order chi connectivity index (χ1) is 9.52. The maximum atomic E-state index is 12.0. The molecule has 0 radical (unpaired) electrons. The van der Waals surface area contributed by atoms with Crippen LogP contribution in [-0.4, -0.2) is 36.4 Å². The smallest absolute Gasteiger partial charge is 0.251 e. The highest BCUT2D eigenvalue weighted by Gasteiger charge is 2.08. The Morgan fingerprint density at radius 3 is 2.50 bits per heavy atom.